The summed E-state index contributed by atoms with van der Waals surface area (Å²) in [4.78, 5) is 19.2. The normalized spacial score (nSPS) is 19.7. The minimum atomic E-state index is -0.231. The van der Waals surface area contributed by atoms with E-state index in [4.69, 9.17) is 21.1 Å². The van der Waals surface area contributed by atoms with Gasteiger partial charge in [-0.25, -0.2) is 9.97 Å². The smallest absolute Gasteiger partial charge is 0.233 e. The largest absolute Gasteiger partial charge is 0.491 e. The monoisotopic (exact) mass is 441 g/mol. The number of pyridine rings is 1. The van der Waals surface area contributed by atoms with Crippen LogP contribution in [-0.2, 0) is 0 Å². The first kappa shape index (κ1) is 21.1. The van der Waals surface area contributed by atoms with Gasteiger partial charge >= 0.3 is 0 Å². The standard InChI is InChI=1S/C21H24ClN7O2/c1-29(2)7-8-30-15-10-17(22)21(25-11-15)31-14-3-4-18-16(9-14)20(27-13-26-18)28-19-12-23-5-6-24-19/h3-6,10-14,18H,7-9H2,1-2H3,(H,24,28)(H,26,27). The third-order valence-corrected chi connectivity index (χ3v) is 4.99. The molecule has 4 rings (SSSR count). The molecule has 31 heavy (non-hydrogen) atoms. The lowest BCUT2D eigenvalue weighted by Gasteiger charge is -2.29. The lowest BCUT2D eigenvalue weighted by Crippen LogP contribution is -2.34. The summed E-state index contributed by atoms with van der Waals surface area (Å²) in [5.74, 6) is 2.45. The lowest BCUT2D eigenvalue weighted by atomic mass is 9.93. The van der Waals surface area contributed by atoms with E-state index in [9.17, 15) is 0 Å². The maximum atomic E-state index is 6.39. The summed E-state index contributed by atoms with van der Waals surface area (Å²) >= 11 is 6.39. The van der Waals surface area contributed by atoms with Crippen LogP contribution in [0.3, 0.4) is 0 Å². The first-order valence-electron chi connectivity index (χ1n) is 9.91. The Hall–Kier alpha value is -3.17. The number of aliphatic imine (C=N–C) groups is 1. The zero-order valence-corrected chi connectivity index (χ0v) is 18.1. The van der Waals surface area contributed by atoms with Gasteiger partial charge in [-0.15, -0.1) is 0 Å². The first-order valence-corrected chi connectivity index (χ1v) is 10.3. The van der Waals surface area contributed by atoms with Gasteiger partial charge in [-0.2, -0.15) is 0 Å². The number of nitrogens with one attached hydrogen (secondary N) is 2. The number of likely N-dealkylation sites (N-methyl/N-ethyl adjacent to an activating group) is 1. The van der Waals surface area contributed by atoms with Crippen molar-refractivity contribution in [3.8, 4) is 11.6 Å². The molecule has 0 saturated heterocycles. The molecule has 2 N–H and O–H groups in total. The van der Waals surface area contributed by atoms with Crippen LogP contribution in [0.5, 0.6) is 11.6 Å². The molecule has 2 aromatic heterocycles. The van der Waals surface area contributed by atoms with E-state index < -0.39 is 0 Å². The summed E-state index contributed by atoms with van der Waals surface area (Å²) in [7, 11) is 3.98. The number of aromatic nitrogens is 3. The number of ether oxygens (including phenoxy) is 2. The highest BCUT2D eigenvalue weighted by atomic mass is 35.5. The Balaban J connectivity index is 1.44. The molecule has 10 heteroatoms. The van der Waals surface area contributed by atoms with Crippen molar-refractivity contribution >= 4 is 23.8 Å². The van der Waals surface area contributed by atoms with E-state index in [0.717, 1.165) is 17.9 Å². The Morgan fingerprint density at radius 1 is 1.23 bits per heavy atom. The van der Waals surface area contributed by atoms with Crippen LogP contribution in [0.15, 0.2) is 59.4 Å². The van der Waals surface area contributed by atoms with Gasteiger partial charge in [-0.3, -0.25) is 9.98 Å². The highest BCUT2D eigenvalue weighted by Crippen LogP contribution is 2.31. The van der Waals surface area contributed by atoms with Gasteiger partial charge in [0.25, 0.3) is 0 Å². The van der Waals surface area contributed by atoms with Crippen LogP contribution in [0.2, 0.25) is 5.02 Å². The Bertz CT molecular complexity index is 994. The van der Waals surface area contributed by atoms with E-state index in [0.29, 0.717) is 35.5 Å². The molecule has 2 atom stereocenters. The number of hydrogen-bond donors (Lipinski definition) is 2. The quantitative estimate of drug-likeness (QED) is 0.603. The number of halogens is 1. The van der Waals surface area contributed by atoms with Crippen molar-refractivity contribution in [1.29, 1.82) is 0 Å². The summed E-state index contributed by atoms with van der Waals surface area (Å²) in [6.07, 6.45) is 12.6. The lowest BCUT2D eigenvalue weighted by molar-refractivity contribution is 0.231. The molecule has 0 saturated carbocycles. The number of anilines is 1. The van der Waals surface area contributed by atoms with Gasteiger partial charge in [-0.1, -0.05) is 17.7 Å². The van der Waals surface area contributed by atoms with E-state index in [-0.39, 0.29) is 12.1 Å². The zero-order chi connectivity index (χ0) is 21.6. The van der Waals surface area contributed by atoms with Crippen LogP contribution in [0.25, 0.3) is 0 Å². The zero-order valence-electron chi connectivity index (χ0n) is 17.3. The van der Waals surface area contributed by atoms with Gasteiger partial charge in [0, 0.05) is 37.0 Å². The molecule has 0 spiro atoms. The minimum absolute atomic E-state index is 0.0591. The molecule has 2 unspecified atom stereocenters. The Kier molecular flexibility index (Phi) is 6.63. The number of hydrogen-bond acceptors (Lipinski definition) is 9. The molecule has 9 nitrogen and oxygen atoms in total. The first-order chi connectivity index (χ1) is 15.1. The van der Waals surface area contributed by atoms with Gasteiger partial charge in [-0.05, 0) is 20.2 Å². The van der Waals surface area contributed by atoms with Crippen LogP contribution < -0.4 is 20.1 Å². The summed E-state index contributed by atoms with van der Waals surface area (Å²) in [6, 6.07) is 1.66. The molecule has 1 aliphatic carbocycles. The van der Waals surface area contributed by atoms with Crippen LogP contribution in [0, 0.1) is 0 Å². The average molecular weight is 442 g/mol. The molecule has 0 amide bonds. The minimum Gasteiger partial charge on any atom is -0.491 e. The third-order valence-electron chi connectivity index (χ3n) is 4.72. The van der Waals surface area contributed by atoms with E-state index in [1.807, 2.05) is 31.1 Å². The SMILES string of the molecule is CN(C)CCOc1cnc(OC2C=CC3N=CNC(Nc4cnccn4)=C3C2)c(Cl)c1. The van der Waals surface area contributed by atoms with Gasteiger partial charge < -0.3 is 25.0 Å². The highest BCUT2D eigenvalue weighted by Gasteiger charge is 2.27. The fourth-order valence-corrected chi connectivity index (χ4v) is 3.37. The van der Waals surface area contributed by atoms with Crippen molar-refractivity contribution in [2.45, 2.75) is 18.6 Å². The van der Waals surface area contributed by atoms with Gasteiger partial charge in [0.2, 0.25) is 5.88 Å². The fourth-order valence-electron chi connectivity index (χ4n) is 3.17. The van der Waals surface area contributed by atoms with Gasteiger partial charge in [0.05, 0.1) is 24.8 Å². The summed E-state index contributed by atoms with van der Waals surface area (Å²) < 4.78 is 11.7. The molecular weight excluding hydrogens is 418 g/mol. The van der Waals surface area contributed by atoms with Gasteiger partial charge in [0.15, 0.2) is 0 Å². The van der Waals surface area contributed by atoms with Crippen molar-refractivity contribution in [3.63, 3.8) is 0 Å². The highest BCUT2D eigenvalue weighted by molar-refractivity contribution is 6.31. The second-order valence-corrected chi connectivity index (χ2v) is 7.75. The van der Waals surface area contributed by atoms with Gasteiger partial charge in [0.1, 0.15) is 35.1 Å². The fraction of sp³-hybridized carbons (Fsp3) is 0.333. The molecule has 2 aliphatic rings. The molecule has 1 aliphatic heterocycles. The molecule has 0 fully saturated rings. The Morgan fingerprint density at radius 2 is 2.13 bits per heavy atom. The van der Waals surface area contributed by atoms with Crippen molar-refractivity contribution in [2.24, 2.45) is 4.99 Å². The topological polar surface area (TPSA) is 96.8 Å². The molecule has 162 valence electrons. The third kappa shape index (κ3) is 5.50. The average Bonchev–Trinajstić information content (AvgIpc) is 2.76. The number of nitrogens with zero attached hydrogens (tertiary/aromatic N) is 5. The second kappa shape index (κ2) is 9.76. The summed E-state index contributed by atoms with van der Waals surface area (Å²) in [6.45, 7) is 1.36. The van der Waals surface area contributed by atoms with E-state index in [1.54, 1.807) is 37.2 Å². The predicted octanol–water partition coefficient (Wildman–Crippen LogP) is 2.50. The van der Waals surface area contributed by atoms with Crippen LogP contribution in [-0.4, -0.2) is 65.6 Å². The maximum absolute atomic E-state index is 6.39. The molecule has 0 aromatic carbocycles. The van der Waals surface area contributed by atoms with Crippen molar-refractivity contribution in [2.75, 3.05) is 32.6 Å². The molecule has 0 bridgehead atoms. The number of fused-ring (bicyclic) bond motifs is 1. The van der Waals surface area contributed by atoms with E-state index in [1.165, 1.54) is 0 Å². The second-order valence-electron chi connectivity index (χ2n) is 7.34. The maximum Gasteiger partial charge on any atom is 0.233 e. The van der Waals surface area contributed by atoms with Crippen LogP contribution in [0.4, 0.5) is 5.82 Å². The number of rotatable bonds is 8. The van der Waals surface area contributed by atoms with Crippen molar-refractivity contribution < 1.29 is 9.47 Å². The van der Waals surface area contributed by atoms with E-state index >= 15 is 0 Å². The molecular formula is C21H24ClN7O2. The Morgan fingerprint density at radius 3 is 2.90 bits per heavy atom. The van der Waals surface area contributed by atoms with E-state index in [2.05, 4.69) is 30.6 Å². The summed E-state index contributed by atoms with van der Waals surface area (Å²) in [5.41, 5.74) is 1.06. The Labute approximate surface area is 185 Å². The molecule has 2 aromatic rings. The summed E-state index contributed by atoms with van der Waals surface area (Å²) in [5, 5.41) is 6.83. The van der Waals surface area contributed by atoms with Crippen molar-refractivity contribution in [3.05, 3.63) is 59.4 Å². The van der Waals surface area contributed by atoms with Crippen LogP contribution in [0.1, 0.15) is 6.42 Å². The molecule has 0 radical (unpaired) electrons. The van der Waals surface area contributed by atoms with Crippen molar-refractivity contribution in [1.82, 2.24) is 25.2 Å². The molecule has 3 heterocycles. The van der Waals surface area contributed by atoms with Crippen LogP contribution >= 0.6 is 11.6 Å². The predicted molar refractivity (Wildman–Crippen MR) is 120 cm³/mol.